The molecule has 4 aromatic rings. The van der Waals surface area contributed by atoms with Crippen molar-refractivity contribution < 1.29 is 36.5 Å². The van der Waals surface area contributed by atoms with Gasteiger partial charge in [-0.1, -0.05) is 150 Å². The number of allylic oxidation sites excluding steroid dienone is 1. The number of nitrogens with zero attached hydrogens (tertiary/aromatic N) is 2. The molecule has 7 heteroatoms. The Morgan fingerprint density at radius 2 is 1.20 bits per heavy atom. The van der Waals surface area contributed by atoms with Crippen LogP contribution in [0.3, 0.4) is 0 Å². The number of benzene rings is 4. The second-order valence-electron chi connectivity index (χ2n) is 17.2. The van der Waals surface area contributed by atoms with Gasteiger partial charge in [0.15, 0.2) is 0 Å². The second kappa shape index (κ2) is 25.8. The van der Waals surface area contributed by atoms with Crippen molar-refractivity contribution in [3.8, 4) is 0 Å². The van der Waals surface area contributed by atoms with Crippen LogP contribution in [0, 0.1) is 20.8 Å². The topological polar surface area (TPSA) is 6.25 Å². The van der Waals surface area contributed by atoms with Crippen LogP contribution in [0.5, 0.6) is 0 Å². The smallest absolute Gasteiger partial charge is 1.00 e. The van der Waals surface area contributed by atoms with E-state index in [1.807, 2.05) is 23.9 Å². The maximum Gasteiger partial charge on any atom is 1.00 e. The van der Waals surface area contributed by atoms with Gasteiger partial charge in [-0.05, 0) is 128 Å². The van der Waals surface area contributed by atoms with E-state index in [2.05, 4.69) is 134 Å². The van der Waals surface area contributed by atoms with Crippen LogP contribution in [0.1, 0.15) is 124 Å². The van der Waals surface area contributed by atoms with Crippen molar-refractivity contribution in [3.63, 3.8) is 0 Å². The van der Waals surface area contributed by atoms with E-state index in [-0.39, 0.29) is 44.3 Å². The maximum atomic E-state index is 3.57. The Morgan fingerprint density at radius 1 is 0.683 bits per heavy atom. The van der Waals surface area contributed by atoms with Gasteiger partial charge >= 0.3 is 25.8 Å². The summed E-state index contributed by atoms with van der Waals surface area (Å²) in [6.45, 7) is 9.51. The first-order valence-electron chi connectivity index (χ1n) is 22.4. The zero-order valence-electron chi connectivity index (χ0n) is 36.6. The third-order valence-electron chi connectivity index (χ3n) is 13.0. The molecule has 4 aliphatic carbocycles. The first-order chi connectivity index (χ1) is 28.0. The average Bonchev–Trinajstić information content (AvgIpc) is 3.90. The van der Waals surface area contributed by atoms with Gasteiger partial charge < -0.3 is 12.4 Å². The van der Waals surface area contributed by atoms with Crippen LogP contribution < -0.4 is 27.7 Å². The summed E-state index contributed by atoms with van der Waals surface area (Å²) in [6, 6.07) is 32.0. The van der Waals surface area contributed by atoms with Crippen LogP contribution in [-0.2, 0) is 26.0 Å². The number of fused-ring (bicyclic) bond motifs is 1. The first-order valence-corrected chi connectivity index (χ1v) is 25.1. The number of thioether (sulfide) groups is 1. The third kappa shape index (κ3) is 13.4. The van der Waals surface area contributed by atoms with E-state index in [1.54, 1.807) is 77.0 Å². The summed E-state index contributed by atoms with van der Waals surface area (Å²) in [5, 5.41) is 2.47. The van der Waals surface area contributed by atoms with Gasteiger partial charge in [-0.15, -0.1) is 29.9 Å². The Labute approximate surface area is 394 Å². The number of aryl methyl sites for hydroxylation is 3. The fourth-order valence-electron chi connectivity index (χ4n) is 10.4. The number of anilines is 1. The molecule has 1 aliphatic heterocycles. The molecule has 2 nitrogen and oxygen atoms in total. The van der Waals surface area contributed by atoms with E-state index in [0.717, 1.165) is 19.6 Å². The first kappa shape index (κ1) is 50.5. The molecule has 0 spiro atoms. The quantitative estimate of drug-likeness (QED) is 0.0752. The molecular weight excluding hydrogens is 900 g/mol. The second-order valence-corrected chi connectivity index (χ2v) is 21.1. The third-order valence-corrected chi connectivity index (χ3v) is 17.9. The molecule has 60 heavy (non-hydrogen) atoms. The molecule has 0 atom stereocenters. The Hall–Kier alpha value is -2.15. The van der Waals surface area contributed by atoms with Crippen molar-refractivity contribution in [3.05, 3.63) is 135 Å². The molecule has 0 saturated heterocycles. The maximum absolute atomic E-state index is 3.57. The van der Waals surface area contributed by atoms with Crippen LogP contribution in [0.25, 0.3) is 11.3 Å². The molecule has 9 rings (SSSR count). The fourth-order valence-corrected chi connectivity index (χ4v) is 15.6. The number of hydrogen-bond donors (Lipinski definition) is 0. The summed E-state index contributed by atoms with van der Waals surface area (Å²) in [5.74, 6) is 0. The normalized spacial score (nSPS) is 17.7. The number of halogens is 2. The van der Waals surface area contributed by atoms with Gasteiger partial charge in [0.25, 0.3) is 0 Å². The van der Waals surface area contributed by atoms with Gasteiger partial charge in [0, 0.05) is 15.7 Å². The summed E-state index contributed by atoms with van der Waals surface area (Å²) in [4.78, 5) is 3.64. The van der Waals surface area contributed by atoms with Crippen LogP contribution in [-0.4, -0.2) is 47.2 Å². The molecule has 0 aromatic heterocycles. The van der Waals surface area contributed by atoms with Crippen molar-refractivity contribution in [1.29, 1.82) is 0 Å². The summed E-state index contributed by atoms with van der Waals surface area (Å²) < 4.78 is 2.30. The van der Waals surface area contributed by atoms with Crippen LogP contribution in [0.2, 0.25) is 0 Å². The van der Waals surface area contributed by atoms with Gasteiger partial charge in [-0.3, -0.25) is 0 Å². The summed E-state index contributed by atoms with van der Waals surface area (Å²) in [7, 11) is 0.385. The molecule has 5 aliphatic rings. The van der Waals surface area contributed by atoms with Gasteiger partial charge in [0.1, 0.15) is 25.3 Å². The zero-order valence-corrected chi connectivity index (χ0v) is 41.6. The molecule has 0 unspecified atom stereocenters. The molecule has 322 valence electrons. The fraction of sp³-hybridized carbons (Fsp3) is 0.472. The van der Waals surface area contributed by atoms with E-state index in [9.17, 15) is 0 Å². The predicted molar refractivity (Wildman–Crippen MR) is 257 cm³/mol. The van der Waals surface area contributed by atoms with E-state index < -0.39 is 0 Å². The minimum atomic E-state index is 0. The molecule has 0 bridgehead atoms. The molecule has 3 saturated carbocycles. The van der Waals surface area contributed by atoms with Crippen molar-refractivity contribution in [2.24, 2.45) is 0 Å². The minimum Gasteiger partial charge on any atom is -1.00 e. The molecule has 2 radical (unpaired) electrons. The zero-order chi connectivity index (χ0) is 39.4. The summed E-state index contributed by atoms with van der Waals surface area (Å²) in [6.07, 6.45) is 31.4. The Morgan fingerprint density at radius 3 is 1.77 bits per heavy atom. The van der Waals surface area contributed by atoms with Crippen molar-refractivity contribution in [2.75, 3.05) is 24.2 Å². The van der Waals surface area contributed by atoms with Gasteiger partial charge in [-0.2, -0.15) is 0 Å². The monoisotopic (exact) mass is 967 g/mol. The predicted octanol–water partition coefficient (Wildman–Crippen LogP) is 10.00. The standard InChI is InChI=1S/C20H24N2S.C18H33P.C15H10.2ClH.Ru/c1-15-11-16(2)20(17(3)12-15)22-10-9-21(14-22)13-18-7-5-6-8-19(18)23-4;1-4-10-16(11-5-1)19(17-12-6-2-7-13-17)18-14-8-3-9-15-18;1-2-6-12(7-3-1)15-11-10-13-8-4-5-9-14(13)15;;;/h5-8,11-12H,9-10,13H2,1-4H3;16-18H,1-15H2;1-9,11H;2*1H;/q+1;;;;;+1/p-1. The Kier molecular flexibility index (Phi) is 21.7. The molecule has 0 amide bonds. The van der Waals surface area contributed by atoms with E-state index >= 15 is 0 Å². The molecule has 3 fully saturated rings. The van der Waals surface area contributed by atoms with E-state index in [4.69, 9.17) is 0 Å². The SMILES string of the molecule is C1=CC(c2ccccc2)=c2ccccc2=1.C1CCC(P(C2CCCCC2)C2CCCCC2)CC1.CSc1ccccc1C[N+]1=[C]N(c2c(C)cc(C)cc2C)CC1.Cl.[Cl-].[Ru+]. The Bertz CT molecular complexity index is 2050. The van der Waals surface area contributed by atoms with Gasteiger partial charge in [0.2, 0.25) is 0 Å². The van der Waals surface area contributed by atoms with Crippen molar-refractivity contribution in [2.45, 2.75) is 146 Å². The van der Waals surface area contributed by atoms with Crippen LogP contribution in [0.4, 0.5) is 5.69 Å². The van der Waals surface area contributed by atoms with Gasteiger partial charge in [-0.25, -0.2) is 9.48 Å². The van der Waals surface area contributed by atoms with Crippen LogP contribution >= 0.6 is 32.1 Å². The minimum absolute atomic E-state index is 0. The largest absolute Gasteiger partial charge is 1.00 e. The Balaban J connectivity index is 0.000000197. The van der Waals surface area contributed by atoms with Gasteiger partial charge in [0.05, 0.1) is 0 Å². The molecule has 4 aromatic carbocycles. The number of hydrogen-bond acceptors (Lipinski definition) is 2. The van der Waals surface area contributed by atoms with Crippen molar-refractivity contribution in [1.82, 2.24) is 0 Å². The molecule has 1 heterocycles. The average molecular weight is 968 g/mol. The van der Waals surface area contributed by atoms with E-state index in [1.165, 1.54) is 90.6 Å². The summed E-state index contributed by atoms with van der Waals surface area (Å²) in [5.41, 5.74) is 16.1. The molecule has 0 N–H and O–H groups in total. The van der Waals surface area contributed by atoms with E-state index in [0.29, 0.717) is 7.92 Å². The van der Waals surface area contributed by atoms with Crippen molar-refractivity contribution >= 4 is 55.4 Å². The molecular formula is C53H68Cl2N2PRuS+. The number of rotatable bonds is 8. The van der Waals surface area contributed by atoms with Crippen LogP contribution in [0.15, 0.2) is 102 Å². The summed E-state index contributed by atoms with van der Waals surface area (Å²) >= 11 is 1.81.